The van der Waals surface area contributed by atoms with Crippen LogP contribution in [0, 0.1) is 12.5 Å². The molecule has 3 aromatic carbocycles. The first-order valence-electron chi connectivity index (χ1n) is 10.8. The average Bonchev–Trinajstić information content (AvgIpc) is 3.02. The standard InChI is InChI=1S/C26H21Cl2N3O2/c1-29-21-7-3-6-18(16-21)26(33)24(17-4-2-5-17)30(22-12-8-19(27)9-13-22)25(32)31(26)23-14-10-20(28)11-15-23/h3,6-17,24,33H,2,4-5H2/t24-,26?/m0/s1. The maximum absolute atomic E-state index is 14.0. The van der Waals surface area contributed by atoms with E-state index in [1.807, 2.05) is 0 Å². The Morgan fingerprint density at radius 2 is 1.55 bits per heavy atom. The van der Waals surface area contributed by atoms with E-state index in [2.05, 4.69) is 4.85 Å². The molecule has 5 nitrogen and oxygen atoms in total. The molecule has 1 saturated heterocycles. The highest BCUT2D eigenvalue weighted by Gasteiger charge is 2.61. The molecule has 33 heavy (non-hydrogen) atoms. The first-order valence-corrected chi connectivity index (χ1v) is 11.5. The Morgan fingerprint density at radius 3 is 2.09 bits per heavy atom. The molecule has 2 atom stereocenters. The summed E-state index contributed by atoms with van der Waals surface area (Å²) in [4.78, 5) is 20.7. The molecule has 2 amide bonds. The summed E-state index contributed by atoms with van der Waals surface area (Å²) in [7, 11) is 0. The summed E-state index contributed by atoms with van der Waals surface area (Å²) in [5.74, 6) is 0.100. The smallest absolute Gasteiger partial charge is 0.332 e. The largest absolute Gasteiger partial charge is 0.365 e. The van der Waals surface area contributed by atoms with Gasteiger partial charge in [0, 0.05) is 21.4 Å². The van der Waals surface area contributed by atoms with Gasteiger partial charge in [-0.1, -0.05) is 47.8 Å². The van der Waals surface area contributed by atoms with Crippen molar-refractivity contribution in [3.05, 3.63) is 99.8 Å². The van der Waals surface area contributed by atoms with E-state index in [9.17, 15) is 9.90 Å². The Hall–Kier alpha value is -3.04. The molecule has 166 valence electrons. The number of rotatable bonds is 4. The lowest BCUT2D eigenvalue weighted by atomic mass is 9.73. The van der Waals surface area contributed by atoms with Crippen LogP contribution < -0.4 is 9.80 Å². The number of nitrogens with zero attached hydrogens (tertiary/aromatic N) is 3. The molecule has 0 spiro atoms. The van der Waals surface area contributed by atoms with Crippen LogP contribution in [0.2, 0.25) is 10.0 Å². The summed E-state index contributed by atoms with van der Waals surface area (Å²) in [5.41, 5.74) is 0.420. The summed E-state index contributed by atoms with van der Waals surface area (Å²) < 4.78 is 0. The Labute approximate surface area is 202 Å². The normalized spacial score (nSPS) is 22.8. The van der Waals surface area contributed by atoms with E-state index in [4.69, 9.17) is 29.8 Å². The van der Waals surface area contributed by atoms with Gasteiger partial charge in [-0.25, -0.2) is 9.64 Å². The molecule has 1 N–H and O–H groups in total. The molecular formula is C26H21Cl2N3O2. The molecule has 1 heterocycles. The zero-order valence-corrected chi connectivity index (χ0v) is 19.2. The quantitative estimate of drug-likeness (QED) is 0.411. The molecule has 1 saturated carbocycles. The van der Waals surface area contributed by atoms with Gasteiger partial charge in [0.15, 0.2) is 11.4 Å². The van der Waals surface area contributed by atoms with Gasteiger partial charge in [-0.05, 0) is 78.9 Å². The van der Waals surface area contributed by atoms with Gasteiger partial charge in [0.2, 0.25) is 0 Å². The molecule has 2 fully saturated rings. The van der Waals surface area contributed by atoms with Gasteiger partial charge >= 0.3 is 6.03 Å². The summed E-state index contributed by atoms with van der Waals surface area (Å²) in [5, 5.41) is 13.6. The molecule has 5 rings (SSSR count). The summed E-state index contributed by atoms with van der Waals surface area (Å²) in [6, 6.07) is 19.9. The molecule has 0 aromatic heterocycles. The van der Waals surface area contributed by atoms with Crippen LogP contribution in [0.15, 0.2) is 72.8 Å². The second kappa shape index (κ2) is 8.39. The van der Waals surface area contributed by atoms with Gasteiger partial charge < -0.3 is 5.11 Å². The van der Waals surface area contributed by atoms with E-state index in [1.165, 1.54) is 4.90 Å². The van der Waals surface area contributed by atoms with Crippen molar-refractivity contribution in [3.8, 4) is 0 Å². The number of halogens is 2. The van der Waals surface area contributed by atoms with Crippen LogP contribution in [0.25, 0.3) is 4.85 Å². The first kappa shape index (κ1) is 21.8. The lowest BCUT2D eigenvalue weighted by Gasteiger charge is -2.44. The van der Waals surface area contributed by atoms with Crippen molar-refractivity contribution in [2.75, 3.05) is 9.80 Å². The third kappa shape index (κ3) is 3.55. The van der Waals surface area contributed by atoms with Gasteiger partial charge in [-0.3, -0.25) is 9.80 Å². The topological polar surface area (TPSA) is 48.1 Å². The van der Waals surface area contributed by atoms with Crippen LogP contribution in [0.3, 0.4) is 0 Å². The van der Waals surface area contributed by atoms with Crippen LogP contribution in [0.5, 0.6) is 0 Å². The van der Waals surface area contributed by atoms with Crippen LogP contribution in [-0.4, -0.2) is 17.2 Å². The number of carbonyl (C=O) groups is 1. The molecule has 1 aliphatic carbocycles. The van der Waals surface area contributed by atoms with Gasteiger partial charge in [-0.15, -0.1) is 0 Å². The van der Waals surface area contributed by atoms with Crippen molar-refractivity contribution < 1.29 is 9.90 Å². The molecule has 7 heteroatoms. The molecule has 3 aromatic rings. The van der Waals surface area contributed by atoms with E-state index in [0.29, 0.717) is 32.7 Å². The number of hydrogen-bond acceptors (Lipinski definition) is 2. The first-order chi connectivity index (χ1) is 15.9. The number of anilines is 2. The van der Waals surface area contributed by atoms with E-state index < -0.39 is 11.8 Å². The minimum atomic E-state index is -1.68. The maximum Gasteiger partial charge on any atom is 0.332 e. The number of benzene rings is 3. The fraction of sp³-hybridized carbons (Fsp3) is 0.231. The highest BCUT2D eigenvalue weighted by Crippen LogP contribution is 2.51. The molecule has 1 aliphatic heterocycles. The predicted molar refractivity (Wildman–Crippen MR) is 131 cm³/mol. The van der Waals surface area contributed by atoms with Gasteiger partial charge in [0.1, 0.15) is 0 Å². The third-order valence-corrected chi connectivity index (χ3v) is 7.12. The van der Waals surface area contributed by atoms with Crippen molar-refractivity contribution in [2.24, 2.45) is 5.92 Å². The molecule has 0 radical (unpaired) electrons. The lowest BCUT2D eigenvalue weighted by Crippen LogP contribution is -2.54. The fourth-order valence-corrected chi connectivity index (χ4v) is 5.11. The summed E-state index contributed by atoms with van der Waals surface area (Å²) in [6.07, 6.45) is 2.85. The minimum Gasteiger partial charge on any atom is -0.365 e. The van der Waals surface area contributed by atoms with Crippen LogP contribution in [-0.2, 0) is 5.72 Å². The number of hydrogen-bond donors (Lipinski definition) is 1. The number of aliphatic hydroxyl groups is 1. The number of carbonyl (C=O) groups excluding carboxylic acids is 1. The fourth-order valence-electron chi connectivity index (χ4n) is 4.85. The second-order valence-corrected chi connectivity index (χ2v) is 9.34. The maximum atomic E-state index is 14.0. The van der Waals surface area contributed by atoms with Crippen molar-refractivity contribution in [3.63, 3.8) is 0 Å². The van der Waals surface area contributed by atoms with Crippen LogP contribution >= 0.6 is 23.2 Å². The number of amides is 2. The van der Waals surface area contributed by atoms with Crippen LogP contribution in [0.4, 0.5) is 21.9 Å². The Bertz CT molecular complexity index is 1240. The van der Waals surface area contributed by atoms with Crippen LogP contribution in [0.1, 0.15) is 24.8 Å². The lowest BCUT2D eigenvalue weighted by molar-refractivity contribution is -0.00134. The highest BCUT2D eigenvalue weighted by molar-refractivity contribution is 6.31. The molecule has 2 aliphatic rings. The second-order valence-electron chi connectivity index (χ2n) is 8.46. The summed E-state index contributed by atoms with van der Waals surface area (Å²) in [6.45, 7) is 7.45. The van der Waals surface area contributed by atoms with Gasteiger partial charge in [0.05, 0.1) is 12.6 Å². The predicted octanol–water partition coefficient (Wildman–Crippen LogP) is 7.00. The van der Waals surface area contributed by atoms with Crippen molar-refractivity contribution in [2.45, 2.75) is 31.0 Å². The van der Waals surface area contributed by atoms with Crippen molar-refractivity contribution in [1.82, 2.24) is 0 Å². The van der Waals surface area contributed by atoms with Crippen molar-refractivity contribution >= 4 is 46.3 Å². The average molecular weight is 478 g/mol. The zero-order chi connectivity index (χ0) is 23.2. The minimum absolute atomic E-state index is 0.100. The Kier molecular flexibility index (Phi) is 5.54. The Morgan fingerprint density at radius 1 is 0.939 bits per heavy atom. The van der Waals surface area contributed by atoms with Crippen molar-refractivity contribution in [1.29, 1.82) is 0 Å². The Balaban J connectivity index is 1.75. The van der Waals surface area contributed by atoms with E-state index in [0.717, 1.165) is 19.3 Å². The molecule has 0 bridgehead atoms. The number of urea groups is 1. The van der Waals surface area contributed by atoms with E-state index >= 15 is 0 Å². The van der Waals surface area contributed by atoms with E-state index in [-0.39, 0.29) is 11.9 Å². The third-order valence-electron chi connectivity index (χ3n) is 6.61. The van der Waals surface area contributed by atoms with Gasteiger partial charge in [-0.2, -0.15) is 0 Å². The summed E-state index contributed by atoms with van der Waals surface area (Å²) >= 11 is 12.2. The monoisotopic (exact) mass is 477 g/mol. The molecule has 1 unspecified atom stereocenters. The molecular weight excluding hydrogens is 457 g/mol. The van der Waals surface area contributed by atoms with E-state index in [1.54, 1.807) is 77.7 Å². The SMILES string of the molecule is [C-]#[N+]c1cccc(C2(O)[C@H](C3CCC3)N(c3ccc(Cl)cc3)C(=O)N2c2ccc(Cl)cc2)c1. The van der Waals surface area contributed by atoms with Gasteiger partial charge in [0.25, 0.3) is 0 Å². The highest BCUT2D eigenvalue weighted by atomic mass is 35.5. The zero-order valence-electron chi connectivity index (χ0n) is 17.7.